The van der Waals surface area contributed by atoms with Gasteiger partial charge < -0.3 is 20.3 Å². The van der Waals surface area contributed by atoms with Gasteiger partial charge in [0.15, 0.2) is 0 Å². The minimum Gasteiger partial charge on any atom is -0.461 e. The van der Waals surface area contributed by atoms with Gasteiger partial charge in [-0.3, -0.25) is 9.59 Å². The van der Waals surface area contributed by atoms with Gasteiger partial charge in [-0.1, -0.05) is 273 Å². The first-order valence-corrected chi connectivity index (χ1v) is 27.7. The SMILES string of the molecule is CC/C=C/C=C/C=C\C=C/C=C/CC(CC(=O)NC(CO)C(O)CCCCCCCCCCCCCCCCCCC)OC(=O)CCCCCCC/C=C/CCCCCCCCCCC. The van der Waals surface area contributed by atoms with E-state index in [0.29, 0.717) is 19.3 Å². The second kappa shape index (κ2) is 52.3. The number of hydrogen-bond donors (Lipinski definition) is 3. The maximum Gasteiger partial charge on any atom is 0.306 e. The third-order valence-electron chi connectivity index (χ3n) is 12.4. The Hall–Kier alpha value is -2.70. The molecule has 0 aliphatic carbocycles. The van der Waals surface area contributed by atoms with Gasteiger partial charge in [0, 0.05) is 12.8 Å². The lowest BCUT2D eigenvalue weighted by atomic mass is 10.0. The summed E-state index contributed by atoms with van der Waals surface area (Å²) in [5, 5.41) is 23.8. The molecule has 0 aromatic rings. The molecule has 3 unspecified atom stereocenters. The highest BCUT2D eigenvalue weighted by Gasteiger charge is 2.23. The van der Waals surface area contributed by atoms with Crippen LogP contribution in [0.5, 0.6) is 0 Å². The molecule has 0 aliphatic rings. The molecule has 1 amide bonds. The van der Waals surface area contributed by atoms with Gasteiger partial charge in [-0.2, -0.15) is 0 Å². The molecule has 0 rings (SSSR count). The standard InChI is InChI=1S/C59H105NO5/c1-4-7-10-13-16-19-22-24-26-28-30-32-34-37-40-43-46-49-52-59(64)65-55(50-47-44-41-38-35-21-18-15-12-9-6-3)53-58(63)60-56(54-61)57(62)51-48-45-42-39-36-33-31-29-27-25-23-20-17-14-11-8-5-2/h9,12,15,18,21,30,32,35,38,41,44,47,55-57,61-62H,4-8,10-11,13-14,16-17,19-20,22-29,31,33-34,36-37,39-40,42-43,45-46,48-54H2,1-3H3,(H,60,63)/b12-9+,18-15+,32-30+,35-21-,41-38-,47-44+. The predicted octanol–water partition coefficient (Wildman–Crippen LogP) is 17.0. The van der Waals surface area contributed by atoms with E-state index in [1.54, 1.807) is 0 Å². The number of hydrogen-bond acceptors (Lipinski definition) is 5. The van der Waals surface area contributed by atoms with Crippen molar-refractivity contribution in [2.75, 3.05) is 6.61 Å². The maximum absolute atomic E-state index is 13.2. The molecule has 0 fully saturated rings. The number of aliphatic hydroxyl groups excluding tert-OH is 2. The second-order valence-corrected chi connectivity index (χ2v) is 18.7. The molecule has 3 atom stereocenters. The van der Waals surface area contributed by atoms with Crippen molar-refractivity contribution in [1.82, 2.24) is 5.32 Å². The van der Waals surface area contributed by atoms with E-state index < -0.39 is 18.2 Å². The monoisotopic (exact) mass is 908 g/mol. The molecule has 0 aromatic carbocycles. The summed E-state index contributed by atoms with van der Waals surface area (Å²) in [6, 6.07) is -0.744. The summed E-state index contributed by atoms with van der Waals surface area (Å²) in [5.41, 5.74) is 0. The van der Waals surface area contributed by atoms with Crippen LogP contribution < -0.4 is 5.32 Å². The summed E-state index contributed by atoms with van der Waals surface area (Å²) < 4.78 is 5.85. The molecule has 6 heteroatoms. The number of esters is 1. The number of amides is 1. The smallest absolute Gasteiger partial charge is 0.306 e. The minimum atomic E-state index is -0.822. The Kier molecular flexibility index (Phi) is 50.1. The van der Waals surface area contributed by atoms with E-state index in [4.69, 9.17) is 4.74 Å². The molecule has 0 aliphatic heterocycles. The number of carbonyl (C=O) groups is 2. The zero-order valence-electron chi connectivity index (χ0n) is 42.9. The quantitative estimate of drug-likeness (QED) is 0.0245. The van der Waals surface area contributed by atoms with Crippen molar-refractivity contribution in [1.29, 1.82) is 0 Å². The van der Waals surface area contributed by atoms with E-state index in [-0.39, 0.29) is 24.9 Å². The van der Waals surface area contributed by atoms with Crippen molar-refractivity contribution in [2.45, 2.75) is 283 Å². The number of carbonyl (C=O) groups excluding carboxylic acids is 2. The van der Waals surface area contributed by atoms with Crippen molar-refractivity contribution < 1.29 is 24.5 Å². The fraction of sp³-hybridized carbons (Fsp3) is 0.763. The number of allylic oxidation sites excluding steroid dienone is 11. The molecule has 0 bridgehead atoms. The number of rotatable bonds is 49. The van der Waals surface area contributed by atoms with Crippen LogP contribution >= 0.6 is 0 Å². The molecular weight excluding hydrogens is 803 g/mol. The highest BCUT2D eigenvalue weighted by atomic mass is 16.5. The van der Waals surface area contributed by atoms with Crippen molar-refractivity contribution in [3.63, 3.8) is 0 Å². The molecule has 65 heavy (non-hydrogen) atoms. The van der Waals surface area contributed by atoms with E-state index >= 15 is 0 Å². The molecule has 376 valence electrons. The third kappa shape index (κ3) is 47.6. The Labute approximate surface area is 402 Å². The fourth-order valence-corrected chi connectivity index (χ4v) is 8.21. The van der Waals surface area contributed by atoms with Crippen LogP contribution in [-0.2, 0) is 14.3 Å². The van der Waals surface area contributed by atoms with Crippen LogP contribution in [0.3, 0.4) is 0 Å². The number of aliphatic hydroxyl groups is 2. The molecule has 0 aromatic heterocycles. The van der Waals surface area contributed by atoms with Crippen LogP contribution in [-0.4, -0.2) is 46.9 Å². The van der Waals surface area contributed by atoms with Gasteiger partial charge >= 0.3 is 5.97 Å². The highest BCUT2D eigenvalue weighted by Crippen LogP contribution is 2.17. The van der Waals surface area contributed by atoms with Crippen molar-refractivity contribution >= 4 is 11.9 Å². The van der Waals surface area contributed by atoms with E-state index in [1.807, 2.05) is 54.7 Å². The average Bonchev–Trinajstić information content (AvgIpc) is 3.30. The van der Waals surface area contributed by atoms with E-state index in [1.165, 1.54) is 161 Å². The lowest BCUT2D eigenvalue weighted by Gasteiger charge is -2.24. The summed E-state index contributed by atoms with van der Waals surface area (Å²) in [6.07, 6.45) is 67.1. The molecule has 0 saturated carbocycles. The Bertz CT molecular complexity index is 1200. The van der Waals surface area contributed by atoms with Crippen LogP contribution in [0, 0.1) is 0 Å². The average molecular weight is 908 g/mol. The van der Waals surface area contributed by atoms with Gasteiger partial charge in [-0.15, -0.1) is 0 Å². The highest BCUT2D eigenvalue weighted by molar-refractivity contribution is 5.77. The molecule has 0 saturated heterocycles. The Morgan fingerprint density at radius 2 is 0.862 bits per heavy atom. The van der Waals surface area contributed by atoms with Crippen molar-refractivity contribution in [3.05, 3.63) is 72.9 Å². The molecular formula is C59H105NO5. The summed E-state index contributed by atoms with van der Waals surface area (Å²) in [7, 11) is 0. The van der Waals surface area contributed by atoms with E-state index in [9.17, 15) is 19.8 Å². The van der Waals surface area contributed by atoms with Crippen molar-refractivity contribution in [3.8, 4) is 0 Å². The minimum absolute atomic E-state index is 0.0231. The fourth-order valence-electron chi connectivity index (χ4n) is 8.21. The predicted molar refractivity (Wildman–Crippen MR) is 282 cm³/mol. The lowest BCUT2D eigenvalue weighted by molar-refractivity contribution is -0.150. The van der Waals surface area contributed by atoms with Gasteiger partial charge in [0.2, 0.25) is 5.91 Å². The van der Waals surface area contributed by atoms with Crippen molar-refractivity contribution in [2.24, 2.45) is 0 Å². The van der Waals surface area contributed by atoms with E-state index in [2.05, 4.69) is 44.3 Å². The van der Waals surface area contributed by atoms with Crippen LogP contribution in [0.15, 0.2) is 72.9 Å². The molecule has 0 spiro atoms. The Morgan fingerprint density at radius 1 is 0.477 bits per heavy atom. The molecule has 0 radical (unpaired) electrons. The molecule has 0 heterocycles. The number of unbranched alkanes of at least 4 members (excludes halogenated alkanes) is 30. The second-order valence-electron chi connectivity index (χ2n) is 18.7. The van der Waals surface area contributed by atoms with E-state index in [0.717, 1.165) is 57.8 Å². The van der Waals surface area contributed by atoms with Gasteiger partial charge in [-0.25, -0.2) is 0 Å². The third-order valence-corrected chi connectivity index (χ3v) is 12.4. The Balaban J connectivity index is 4.55. The first-order chi connectivity index (χ1) is 32.0. The molecule has 3 N–H and O–H groups in total. The normalized spacial score (nSPS) is 13.7. The summed E-state index contributed by atoms with van der Waals surface area (Å²) in [5.74, 6) is -0.614. The zero-order chi connectivity index (χ0) is 47.4. The maximum atomic E-state index is 13.2. The topological polar surface area (TPSA) is 95.9 Å². The largest absolute Gasteiger partial charge is 0.461 e. The molecule has 6 nitrogen and oxygen atoms in total. The lowest BCUT2D eigenvalue weighted by Crippen LogP contribution is -2.46. The summed E-state index contributed by atoms with van der Waals surface area (Å²) >= 11 is 0. The zero-order valence-corrected chi connectivity index (χ0v) is 42.9. The van der Waals surface area contributed by atoms with Crippen LogP contribution in [0.25, 0.3) is 0 Å². The van der Waals surface area contributed by atoms with Gasteiger partial charge in [0.25, 0.3) is 0 Å². The van der Waals surface area contributed by atoms with Gasteiger partial charge in [0.1, 0.15) is 6.10 Å². The first-order valence-electron chi connectivity index (χ1n) is 27.7. The van der Waals surface area contributed by atoms with Crippen LogP contribution in [0.2, 0.25) is 0 Å². The van der Waals surface area contributed by atoms with Crippen LogP contribution in [0.1, 0.15) is 265 Å². The number of nitrogens with one attached hydrogen (secondary N) is 1. The van der Waals surface area contributed by atoms with Gasteiger partial charge in [0.05, 0.1) is 25.2 Å². The first kappa shape index (κ1) is 62.3. The van der Waals surface area contributed by atoms with Crippen LogP contribution in [0.4, 0.5) is 0 Å². The Morgan fingerprint density at radius 3 is 1.29 bits per heavy atom. The number of ether oxygens (including phenoxy) is 1. The summed E-state index contributed by atoms with van der Waals surface area (Å²) in [4.78, 5) is 26.1. The summed E-state index contributed by atoms with van der Waals surface area (Å²) in [6.45, 7) is 6.32. The van der Waals surface area contributed by atoms with Gasteiger partial charge in [-0.05, 0) is 44.9 Å².